The average molecular weight is 350 g/mol. The smallest absolute Gasteiger partial charge is 0.257 e. The van der Waals surface area contributed by atoms with Crippen LogP contribution in [0.5, 0.6) is 5.75 Å². The number of nitrogens with one attached hydrogen (secondary N) is 2. The number of benzene rings is 2. The standard InChI is InChI=1S/C18H14N4O2S/c19-15-9-8-14(25-15)17-21-13-3-1-2-12(16(13)22-17)18(24)20-10-4-6-11(23)7-5-10/h1-9,23H,19H2,(H,20,24)(H,21,22). The highest BCUT2D eigenvalue weighted by Gasteiger charge is 2.15. The van der Waals surface area contributed by atoms with Gasteiger partial charge >= 0.3 is 0 Å². The number of imidazole rings is 1. The third-order valence-corrected chi connectivity index (χ3v) is 4.66. The molecule has 0 saturated heterocycles. The van der Waals surface area contributed by atoms with Crippen molar-refractivity contribution in [2.24, 2.45) is 0 Å². The molecule has 0 aliphatic heterocycles. The van der Waals surface area contributed by atoms with E-state index in [1.807, 2.05) is 18.2 Å². The fraction of sp³-hybridized carbons (Fsp3) is 0. The normalized spacial score (nSPS) is 10.9. The van der Waals surface area contributed by atoms with Crippen molar-refractivity contribution < 1.29 is 9.90 Å². The lowest BCUT2D eigenvalue weighted by Crippen LogP contribution is -2.12. The lowest BCUT2D eigenvalue weighted by atomic mass is 10.1. The topological polar surface area (TPSA) is 104 Å². The number of thiophene rings is 1. The summed E-state index contributed by atoms with van der Waals surface area (Å²) in [6.07, 6.45) is 0. The van der Waals surface area contributed by atoms with E-state index >= 15 is 0 Å². The molecule has 0 saturated carbocycles. The van der Waals surface area contributed by atoms with Crippen molar-refractivity contribution in [1.82, 2.24) is 9.97 Å². The number of fused-ring (bicyclic) bond motifs is 1. The average Bonchev–Trinajstić information content (AvgIpc) is 3.22. The summed E-state index contributed by atoms with van der Waals surface area (Å²) in [4.78, 5) is 21.3. The highest BCUT2D eigenvalue weighted by Crippen LogP contribution is 2.30. The maximum atomic E-state index is 12.6. The van der Waals surface area contributed by atoms with Crippen molar-refractivity contribution in [3.63, 3.8) is 0 Å². The van der Waals surface area contributed by atoms with Crippen LogP contribution in [0.25, 0.3) is 21.7 Å². The highest BCUT2D eigenvalue weighted by atomic mass is 32.1. The van der Waals surface area contributed by atoms with Crippen LogP contribution in [0.2, 0.25) is 0 Å². The summed E-state index contributed by atoms with van der Waals surface area (Å²) >= 11 is 1.43. The van der Waals surface area contributed by atoms with Crippen molar-refractivity contribution in [1.29, 1.82) is 0 Å². The number of H-pyrrole nitrogens is 1. The highest BCUT2D eigenvalue weighted by molar-refractivity contribution is 7.19. The molecule has 2 heterocycles. The van der Waals surface area contributed by atoms with Crippen LogP contribution in [0.3, 0.4) is 0 Å². The second-order valence-corrected chi connectivity index (χ2v) is 6.61. The first kappa shape index (κ1) is 15.2. The summed E-state index contributed by atoms with van der Waals surface area (Å²) in [6, 6.07) is 15.4. The van der Waals surface area contributed by atoms with Gasteiger partial charge in [0.1, 0.15) is 17.1 Å². The lowest BCUT2D eigenvalue weighted by molar-refractivity contribution is 0.102. The molecule has 4 aromatic rings. The van der Waals surface area contributed by atoms with Gasteiger partial charge in [0, 0.05) is 5.69 Å². The number of carbonyl (C=O) groups is 1. The minimum absolute atomic E-state index is 0.146. The van der Waals surface area contributed by atoms with Crippen molar-refractivity contribution in [3.8, 4) is 16.5 Å². The molecular formula is C18H14N4O2S. The quantitative estimate of drug-likeness (QED) is 0.421. The Morgan fingerprint density at radius 3 is 2.64 bits per heavy atom. The third-order valence-electron chi connectivity index (χ3n) is 3.74. The molecule has 2 aromatic carbocycles. The van der Waals surface area contributed by atoms with E-state index in [2.05, 4.69) is 15.3 Å². The molecule has 0 radical (unpaired) electrons. The maximum Gasteiger partial charge on any atom is 0.257 e. The Bertz CT molecular complexity index is 1070. The summed E-state index contributed by atoms with van der Waals surface area (Å²) < 4.78 is 0. The molecule has 0 bridgehead atoms. The zero-order chi connectivity index (χ0) is 17.4. The van der Waals surface area contributed by atoms with Gasteiger partial charge in [0.2, 0.25) is 0 Å². The number of amides is 1. The monoisotopic (exact) mass is 350 g/mol. The van der Waals surface area contributed by atoms with Gasteiger partial charge in [0.05, 0.1) is 21.0 Å². The number of aromatic amines is 1. The van der Waals surface area contributed by atoms with Crippen LogP contribution in [-0.4, -0.2) is 21.0 Å². The van der Waals surface area contributed by atoms with Crippen LogP contribution in [0.15, 0.2) is 54.6 Å². The molecule has 1 amide bonds. The van der Waals surface area contributed by atoms with Crippen LogP contribution in [0.4, 0.5) is 10.7 Å². The number of phenols is 1. The molecule has 0 unspecified atom stereocenters. The lowest BCUT2D eigenvalue weighted by Gasteiger charge is -2.05. The Morgan fingerprint density at radius 2 is 1.92 bits per heavy atom. The number of anilines is 2. The summed E-state index contributed by atoms with van der Waals surface area (Å²) in [5.41, 5.74) is 8.22. The van der Waals surface area contributed by atoms with E-state index in [0.717, 1.165) is 10.4 Å². The molecule has 7 heteroatoms. The molecule has 25 heavy (non-hydrogen) atoms. The SMILES string of the molecule is Nc1ccc(-c2nc3c(C(=O)Nc4ccc(O)cc4)cccc3[nH]2)s1. The molecule has 0 spiro atoms. The Labute approximate surface area is 147 Å². The maximum absolute atomic E-state index is 12.6. The van der Waals surface area contributed by atoms with E-state index in [9.17, 15) is 9.90 Å². The fourth-order valence-electron chi connectivity index (χ4n) is 2.56. The molecule has 0 aliphatic carbocycles. The second kappa shape index (κ2) is 5.95. The first-order chi connectivity index (χ1) is 12.1. The number of aromatic hydroxyl groups is 1. The number of hydrogen-bond acceptors (Lipinski definition) is 5. The number of carbonyl (C=O) groups excluding carboxylic acids is 1. The molecule has 0 fully saturated rings. The molecule has 5 N–H and O–H groups in total. The minimum Gasteiger partial charge on any atom is -0.508 e. The second-order valence-electron chi connectivity index (χ2n) is 5.49. The van der Waals surface area contributed by atoms with Gasteiger partial charge in [-0.3, -0.25) is 4.79 Å². The molecule has 6 nitrogen and oxygen atoms in total. The van der Waals surface area contributed by atoms with Gasteiger partial charge in [0.15, 0.2) is 0 Å². The molecule has 0 atom stereocenters. The fourth-order valence-corrected chi connectivity index (χ4v) is 3.27. The number of nitrogens with zero attached hydrogens (tertiary/aromatic N) is 1. The number of nitrogens with two attached hydrogens (primary N) is 1. The Kier molecular flexibility index (Phi) is 3.62. The largest absolute Gasteiger partial charge is 0.508 e. The molecular weight excluding hydrogens is 336 g/mol. The summed E-state index contributed by atoms with van der Waals surface area (Å²) in [6.45, 7) is 0. The molecule has 2 aromatic heterocycles. The predicted molar refractivity (Wildman–Crippen MR) is 99.9 cm³/mol. The minimum atomic E-state index is -0.264. The van der Waals surface area contributed by atoms with Crippen LogP contribution < -0.4 is 11.1 Å². The van der Waals surface area contributed by atoms with E-state index in [1.54, 1.807) is 24.3 Å². The summed E-state index contributed by atoms with van der Waals surface area (Å²) in [7, 11) is 0. The molecule has 124 valence electrons. The first-order valence-electron chi connectivity index (χ1n) is 7.55. The van der Waals surface area contributed by atoms with Crippen molar-refractivity contribution in [2.75, 3.05) is 11.1 Å². The number of hydrogen-bond donors (Lipinski definition) is 4. The van der Waals surface area contributed by atoms with Gasteiger partial charge in [-0.2, -0.15) is 0 Å². The number of rotatable bonds is 3. The number of para-hydroxylation sites is 1. The number of aromatic nitrogens is 2. The van der Waals surface area contributed by atoms with Crippen LogP contribution in [-0.2, 0) is 0 Å². The first-order valence-corrected chi connectivity index (χ1v) is 8.36. The van der Waals surface area contributed by atoms with Gasteiger partial charge in [-0.05, 0) is 48.5 Å². The molecule has 0 aliphatic rings. The van der Waals surface area contributed by atoms with E-state index in [1.165, 1.54) is 23.5 Å². The van der Waals surface area contributed by atoms with Crippen molar-refractivity contribution in [2.45, 2.75) is 0 Å². The molecule has 4 rings (SSSR count). The van der Waals surface area contributed by atoms with E-state index in [-0.39, 0.29) is 11.7 Å². The van der Waals surface area contributed by atoms with Gasteiger partial charge in [0.25, 0.3) is 5.91 Å². The van der Waals surface area contributed by atoms with E-state index < -0.39 is 0 Å². The van der Waals surface area contributed by atoms with Crippen LogP contribution in [0.1, 0.15) is 10.4 Å². The van der Waals surface area contributed by atoms with Crippen LogP contribution in [0, 0.1) is 0 Å². The van der Waals surface area contributed by atoms with E-state index in [4.69, 9.17) is 5.73 Å². The zero-order valence-corrected chi connectivity index (χ0v) is 13.8. The van der Waals surface area contributed by atoms with E-state index in [0.29, 0.717) is 27.6 Å². The van der Waals surface area contributed by atoms with Gasteiger partial charge in [-0.25, -0.2) is 4.98 Å². The van der Waals surface area contributed by atoms with Gasteiger partial charge in [-0.15, -0.1) is 11.3 Å². The number of nitrogen functional groups attached to an aromatic ring is 1. The van der Waals surface area contributed by atoms with Crippen molar-refractivity contribution in [3.05, 3.63) is 60.2 Å². The Hall–Kier alpha value is -3.32. The van der Waals surface area contributed by atoms with Gasteiger partial charge < -0.3 is 21.1 Å². The number of phenolic OH excluding ortho intramolecular Hbond substituents is 1. The zero-order valence-electron chi connectivity index (χ0n) is 13.0. The third kappa shape index (κ3) is 2.92. The van der Waals surface area contributed by atoms with Crippen molar-refractivity contribution >= 4 is 39.0 Å². The van der Waals surface area contributed by atoms with Gasteiger partial charge in [-0.1, -0.05) is 6.07 Å². The predicted octanol–water partition coefficient (Wildman–Crippen LogP) is 3.83. The summed E-state index contributed by atoms with van der Waals surface area (Å²) in [5.74, 6) is 0.564. The van der Waals surface area contributed by atoms with Crippen LogP contribution >= 0.6 is 11.3 Å². The Morgan fingerprint density at radius 1 is 1.12 bits per heavy atom. The Balaban J connectivity index is 1.70. The summed E-state index contributed by atoms with van der Waals surface area (Å²) in [5, 5.41) is 12.8.